The van der Waals surface area contributed by atoms with E-state index in [4.69, 9.17) is 5.26 Å². The number of aromatic nitrogens is 1. The maximum atomic E-state index is 9.07. The zero-order valence-electron chi connectivity index (χ0n) is 10.7. The molecule has 1 aromatic heterocycles. The monoisotopic (exact) mass is 257 g/mol. The third-order valence-corrected chi connectivity index (χ3v) is 3.55. The van der Waals surface area contributed by atoms with Crippen molar-refractivity contribution >= 4 is 22.8 Å². The van der Waals surface area contributed by atoms with E-state index in [1.807, 2.05) is 25.1 Å². The van der Waals surface area contributed by atoms with Gasteiger partial charge in [0.05, 0.1) is 5.01 Å². The van der Waals surface area contributed by atoms with E-state index in [1.165, 1.54) is 16.9 Å². The lowest BCUT2D eigenvalue weighted by atomic mass is 10.0. The number of anilines is 2. The molecule has 0 radical (unpaired) electrons. The lowest BCUT2D eigenvalue weighted by Crippen LogP contribution is -1.98. The van der Waals surface area contributed by atoms with Crippen LogP contribution in [0.2, 0.25) is 0 Å². The summed E-state index contributed by atoms with van der Waals surface area (Å²) in [5.41, 5.74) is 2.25. The van der Waals surface area contributed by atoms with Crippen LogP contribution in [0.15, 0.2) is 24.3 Å². The standard InChI is InChI=1S/C14H15N3S/c1-9(2)11-6-4-5-7-12(11)17-14-13(8-15)18-10(3)16-14/h4-7,9,17H,1-3H3. The molecule has 4 heteroatoms. The summed E-state index contributed by atoms with van der Waals surface area (Å²) in [5, 5.41) is 13.2. The minimum Gasteiger partial charge on any atom is -0.338 e. The van der Waals surface area contributed by atoms with Crippen LogP contribution < -0.4 is 5.32 Å². The van der Waals surface area contributed by atoms with Crippen molar-refractivity contribution in [3.8, 4) is 6.07 Å². The summed E-state index contributed by atoms with van der Waals surface area (Å²) in [7, 11) is 0. The molecule has 0 aliphatic carbocycles. The Kier molecular flexibility index (Phi) is 3.63. The van der Waals surface area contributed by atoms with Crippen LogP contribution in [0.4, 0.5) is 11.5 Å². The van der Waals surface area contributed by atoms with E-state index in [1.54, 1.807) is 0 Å². The molecule has 2 aromatic rings. The minimum absolute atomic E-state index is 0.430. The Bertz CT molecular complexity index is 593. The summed E-state index contributed by atoms with van der Waals surface area (Å²) < 4.78 is 0. The zero-order valence-corrected chi connectivity index (χ0v) is 11.5. The minimum atomic E-state index is 0.430. The van der Waals surface area contributed by atoms with Crippen LogP contribution in [0.1, 0.15) is 35.2 Å². The highest BCUT2D eigenvalue weighted by atomic mass is 32.1. The summed E-state index contributed by atoms with van der Waals surface area (Å²) in [6.45, 7) is 6.21. The van der Waals surface area contributed by atoms with Crippen LogP contribution >= 0.6 is 11.3 Å². The maximum Gasteiger partial charge on any atom is 0.159 e. The third-order valence-electron chi connectivity index (χ3n) is 2.67. The van der Waals surface area contributed by atoms with E-state index >= 15 is 0 Å². The smallest absolute Gasteiger partial charge is 0.159 e. The van der Waals surface area contributed by atoms with Crippen LogP contribution in [0.5, 0.6) is 0 Å². The Balaban J connectivity index is 2.37. The largest absolute Gasteiger partial charge is 0.338 e. The van der Waals surface area contributed by atoms with Crippen molar-refractivity contribution in [2.45, 2.75) is 26.7 Å². The molecule has 0 saturated carbocycles. The van der Waals surface area contributed by atoms with Crippen molar-refractivity contribution in [2.24, 2.45) is 0 Å². The molecule has 1 heterocycles. The number of benzene rings is 1. The SMILES string of the molecule is Cc1nc(Nc2ccccc2C(C)C)c(C#N)s1. The first-order valence-corrected chi connectivity index (χ1v) is 6.67. The van der Waals surface area contributed by atoms with Gasteiger partial charge in [0.1, 0.15) is 10.9 Å². The Morgan fingerprint density at radius 3 is 2.72 bits per heavy atom. The molecular weight excluding hydrogens is 242 g/mol. The molecule has 0 amide bonds. The van der Waals surface area contributed by atoms with Gasteiger partial charge in [-0.05, 0) is 24.5 Å². The van der Waals surface area contributed by atoms with Gasteiger partial charge < -0.3 is 5.32 Å². The predicted octanol–water partition coefficient (Wildman–Crippen LogP) is 4.19. The average Bonchev–Trinajstić information content (AvgIpc) is 2.70. The first-order chi connectivity index (χ1) is 8.61. The summed E-state index contributed by atoms with van der Waals surface area (Å²) in [5.74, 6) is 1.09. The van der Waals surface area contributed by atoms with Crippen molar-refractivity contribution in [1.82, 2.24) is 4.98 Å². The fourth-order valence-corrected chi connectivity index (χ4v) is 2.50. The molecule has 0 fully saturated rings. The lowest BCUT2D eigenvalue weighted by Gasteiger charge is -2.13. The number of thiazole rings is 1. The molecule has 0 aliphatic heterocycles. The second kappa shape index (κ2) is 5.19. The molecule has 0 saturated heterocycles. The van der Waals surface area contributed by atoms with Crippen LogP contribution in [0.25, 0.3) is 0 Å². The number of nitriles is 1. The van der Waals surface area contributed by atoms with Crippen molar-refractivity contribution in [3.05, 3.63) is 39.7 Å². The van der Waals surface area contributed by atoms with Crippen LogP contribution in [-0.4, -0.2) is 4.98 Å². The van der Waals surface area contributed by atoms with E-state index in [2.05, 4.69) is 36.3 Å². The number of nitrogens with one attached hydrogen (secondary N) is 1. The second-order valence-corrected chi connectivity index (χ2v) is 5.59. The lowest BCUT2D eigenvalue weighted by molar-refractivity contribution is 0.869. The highest BCUT2D eigenvalue weighted by Gasteiger charge is 2.11. The fraction of sp³-hybridized carbons (Fsp3) is 0.286. The van der Waals surface area contributed by atoms with Gasteiger partial charge in [-0.1, -0.05) is 32.0 Å². The van der Waals surface area contributed by atoms with Crippen LogP contribution in [0, 0.1) is 18.3 Å². The first-order valence-electron chi connectivity index (χ1n) is 5.85. The van der Waals surface area contributed by atoms with E-state index in [0.717, 1.165) is 10.7 Å². The summed E-state index contributed by atoms with van der Waals surface area (Å²) >= 11 is 1.41. The summed E-state index contributed by atoms with van der Waals surface area (Å²) in [6, 6.07) is 10.3. The van der Waals surface area contributed by atoms with E-state index < -0.39 is 0 Å². The fourth-order valence-electron chi connectivity index (χ4n) is 1.83. The molecule has 1 aromatic carbocycles. The number of para-hydroxylation sites is 1. The molecule has 92 valence electrons. The van der Waals surface area contributed by atoms with E-state index in [9.17, 15) is 0 Å². The maximum absolute atomic E-state index is 9.07. The van der Waals surface area contributed by atoms with E-state index in [0.29, 0.717) is 16.6 Å². The average molecular weight is 257 g/mol. The van der Waals surface area contributed by atoms with E-state index in [-0.39, 0.29) is 0 Å². The first kappa shape index (κ1) is 12.6. The normalized spacial score (nSPS) is 10.4. The molecule has 2 rings (SSSR count). The quantitative estimate of drug-likeness (QED) is 0.896. The van der Waals surface area contributed by atoms with Gasteiger partial charge in [-0.2, -0.15) is 5.26 Å². The van der Waals surface area contributed by atoms with Crippen molar-refractivity contribution in [2.75, 3.05) is 5.32 Å². The van der Waals surface area contributed by atoms with Gasteiger partial charge in [0, 0.05) is 5.69 Å². The number of rotatable bonds is 3. The van der Waals surface area contributed by atoms with Crippen molar-refractivity contribution in [1.29, 1.82) is 5.26 Å². The van der Waals surface area contributed by atoms with Gasteiger partial charge in [-0.25, -0.2) is 4.98 Å². The Labute approximate surface area is 111 Å². The van der Waals surface area contributed by atoms with Gasteiger partial charge >= 0.3 is 0 Å². The Morgan fingerprint density at radius 2 is 2.06 bits per heavy atom. The Morgan fingerprint density at radius 1 is 1.33 bits per heavy atom. The molecular formula is C14H15N3S. The Hall–Kier alpha value is -1.86. The molecule has 0 bridgehead atoms. The number of nitrogens with zero attached hydrogens (tertiary/aromatic N) is 2. The molecule has 1 N–H and O–H groups in total. The zero-order chi connectivity index (χ0) is 13.1. The van der Waals surface area contributed by atoms with Crippen molar-refractivity contribution < 1.29 is 0 Å². The highest BCUT2D eigenvalue weighted by Crippen LogP contribution is 2.29. The third kappa shape index (κ3) is 2.52. The molecule has 3 nitrogen and oxygen atoms in total. The summed E-state index contributed by atoms with van der Waals surface area (Å²) in [6.07, 6.45) is 0. The summed E-state index contributed by atoms with van der Waals surface area (Å²) in [4.78, 5) is 4.99. The van der Waals surface area contributed by atoms with Gasteiger partial charge in [-0.3, -0.25) is 0 Å². The molecule has 0 atom stereocenters. The second-order valence-electron chi connectivity index (χ2n) is 4.39. The number of aryl methyl sites for hydroxylation is 1. The molecule has 0 aliphatic rings. The number of hydrogen-bond donors (Lipinski definition) is 1. The topological polar surface area (TPSA) is 48.7 Å². The molecule has 18 heavy (non-hydrogen) atoms. The molecule has 0 unspecified atom stereocenters. The van der Waals surface area contributed by atoms with Gasteiger partial charge in [-0.15, -0.1) is 11.3 Å². The van der Waals surface area contributed by atoms with Gasteiger partial charge in [0.15, 0.2) is 5.82 Å². The highest BCUT2D eigenvalue weighted by molar-refractivity contribution is 7.12. The van der Waals surface area contributed by atoms with Gasteiger partial charge in [0.2, 0.25) is 0 Å². The van der Waals surface area contributed by atoms with Crippen molar-refractivity contribution in [3.63, 3.8) is 0 Å². The molecule has 0 spiro atoms. The van der Waals surface area contributed by atoms with Gasteiger partial charge in [0.25, 0.3) is 0 Å². The predicted molar refractivity (Wildman–Crippen MR) is 75.4 cm³/mol. The van der Waals surface area contributed by atoms with Crippen LogP contribution in [-0.2, 0) is 0 Å². The number of hydrogen-bond acceptors (Lipinski definition) is 4. The van der Waals surface area contributed by atoms with Crippen LogP contribution in [0.3, 0.4) is 0 Å².